The SMILES string of the molecule is Cc1cccc(NC(=O)c2ccc(B(O)O)c(Cl)c2)c1C. The van der Waals surface area contributed by atoms with E-state index in [1.807, 2.05) is 32.0 Å². The van der Waals surface area contributed by atoms with E-state index in [1.54, 1.807) is 0 Å². The molecule has 0 fully saturated rings. The van der Waals surface area contributed by atoms with Gasteiger partial charge in [0, 0.05) is 21.7 Å². The van der Waals surface area contributed by atoms with Crippen molar-refractivity contribution in [3.63, 3.8) is 0 Å². The highest BCUT2D eigenvalue weighted by atomic mass is 35.5. The largest absolute Gasteiger partial charge is 0.489 e. The summed E-state index contributed by atoms with van der Waals surface area (Å²) in [4.78, 5) is 12.2. The molecule has 6 heteroatoms. The van der Waals surface area contributed by atoms with Crippen molar-refractivity contribution >= 4 is 35.8 Å². The van der Waals surface area contributed by atoms with E-state index in [-0.39, 0.29) is 16.4 Å². The molecule has 21 heavy (non-hydrogen) atoms. The molecule has 0 bridgehead atoms. The van der Waals surface area contributed by atoms with Crippen LogP contribution in [0.3, 0.4) is 0 Å². The third-order valence-electron chi connectivity index (χ3n) is 3.39. The molecule has 0 saturated carbocycles. The second-order valence-corrected chi connectivity index (χ2v) is 5.22. The second-order valence-electron chi connectivity index (χ2n) is 4.81. The van der Waals surface area contributed by atoms with E-state index in [0.29, 0.717) is 5.56 Å². The van der Waals surface area contributed by atoms with Crippen LogP contribution in [0.15, 0.2) is 36.4 Å². The standard InChI is InChI=1S/C15H15BClNO3/c1-9-4-3-5-14(10(9)2)18-15(19)11-6-7-12(16(20)21)13(17)8-11/h3-8,20-21H,1-2H3,(H,18,19). The van der Waals surface area contributed by atoms with Crippen LogP contribution < -0.4 is 10.8 Å². The zero-order valence-corrected chi connectivity index (χ0v) is 12.5. The molecule has 0 saturated heterocycles. The van der Waals surface area contributed by atoms with Crippen molar-refractivity contribution in [3.05, 3.63) is 58.1 Å². The van der Waals surface area contributed by atoms with Crippen LogP contribution in [0.1, 0.15) is 21.5 Å². The minimum absolute atomic E-state index is 0.138. The Kier molecular flexibility index (Phi) is 4.68. The Morgan fingerprint density at radius 3 is 2.52 bits per heavy atom. The van der Waals surface area contributed by atoms with Crippen LogP contribution in [0.25, 0.3) is 0 Å². The molecule has 0 radical (unpaired) electrons. The first-order chi connectivity index (χ1) is 9.90. The molecule has 0 aliphatic carbocycles. The van der Waals surface area contributed by atoms with E-state index >= 15 is 0 Å². The monoisotopic (exact) mass is 303 g/mol. The Balaban J connectivity index is 2.25. The van der Waals surface area contributed by atoms with Gasteiger partial charge < -0.3 is 15.4 Å². The number of anilines is 1. The smallest absolute Gasteiger partial charge is 0.423 e. The molecule has 0 unspecified atom stereocenters. The molecule has 2 aromatic carbocycles. The minimum Gasteiger partial charge on any atom is -0.423 e. The maximum atomic E-state index is 12.2. The fourth-order valence-electron chi connectivity index (χ4n) is 1.96. The molecule has 108 valence electrons. The lowest BCUT2D eigenvalue weighted by molar-refractivity contribution is 0.102. The van der Waals surface area contributed by atoms with Crippen molar-refractivity contribution < 1.29 is 14.8 Å². The lowest BCUT2D eigenvalue weighted by Gasteiger charge is -2.11. The van der Waals surface area contributed by atoms with Crippen molar-refractivity contribution in [2.75, 3.05) is 5.32 Å². The van der Waals surface area contributed by atoms with Crippen molar-refractivity contribution in [3.8, 4) is 0 Å². The van der Waals surface area contributed by atoms with Gasteiger partial charge in [0.1, 0.15) is 0 Å². The topological polar surface area (TPSA) is 69.6 Å². The lowest BCUT2D eigenvalue weighted by Crippen LogP contribution is -2.31. The van der Waals surface area contributed by atoms with Crippen LogP contribution in [0.5, 0.6) is 0 Å². The molecule has 2 aromatic rings. The Bertz CT molecular complexity index is 689. The molecule has 4 nitrogen and oxygen atoms in total. The Labute approximate surface area is 128 Å². The third kappa shape index (κ3) is 3.45. The predicted molar refractivity (Wildman–Crippen MR) is 85.1 cm³/mol. The number of hydrogen-bond acceptors (Lipinski definition) is 3. The molecule has 0 aliphatic rings. The molecule has 2 rings (SSSR count). The average Bonchev–Trinajstić information content (AvgIpc) is 2.43. The van der Waals surface area contributed by atoms with Crippen LogP contribution in [0, 0.1) is 13.8 Å². The number of amides is 1. The van der Waals surface area contributed by atoms with Crippen LogP contribution >= 0.6 is 11.6 Å². The summed E-state index contributed by atoms with van der Waals surface area (Å²) in [5, 5.41) is 21.2. The number of halogens is 1. The van der Waals surface area contributed by atoms with Crippen LogP contribution in [-0.4, -0.2) is 23.1 Å². The first kappa shape index (κ1) is 15.6. The van der Waals surface area contributed by atoms with Gasteiger partial charge in [-0.25, -0.2) is 0 Å². The highest BCUT2D eigenvalue weighted by Gasteiger charge is 2.17. The molecule has 1 amide bonds. The van der Waals surface area contributed by atoms with Crippen molar-refractivity contribution in [2.24, 2.45) is 0 Å². The van der Waals surface area contributed by atoms with E-state index in [4.69, 9.17) is 21.6 Å². The summed E-state index contributed by atoms with van der Waals surface area (Å²) in [5.74, 6) is -0.301. The van der Waals surface area contributed by atoms with Gasteiger partial charge in [-0.2, -0.15) is 0 Å². The number of benzene rings is 2. The minimum atomic E-state index is -1.66. The van der Waals surface area contributed by atoms with Gasteiger partial charge in [0.25, 0.3) is 5.91 Å². The van der Waals surface area contributed by atoms with Crippen molar-refractivity contribution in [1.82, 2.24) is 0 Å². The van der Waals surface area contributed by atoms with E-state index in [0.717, 1.165) is 16.8 Å². The number of hydrogen-bond donors (Lipinski definition) is 3. The molecule has 3 N–H and O–H groups in total. The van der Waals surface area contributed by atoms with Gasteiger partial charge in [0.2, 0.25) is 0 Å². The maximum absolute atomic E-state index is 12.2. The van der Waals surface area contributed by atoms with Gasteiger partial charge in [-0.15, -0.1) is 0 Å². The Morgan fingerprint density at radius 1 is 1.19 bits per heavy atom. The van der Waals surface area contributed by atoms with Gasteiger partial charge >= 0.3 is 7.12 Å². The number of carbonyl (C=O) groups excluding carboxylic acids is 1. The summed E-state index contributed by atoms with van der Waals surface area (Å²) < 4.78 is 0. The van der Waals surface area contributed by atoms with Crippen molar-refractivity contribution in [1.29, 1.82) is 0 Å². The second kappa shape index (κ2) is 6.31. The number of aryl methyl sites for hydroxylation is 1. The van der Waals surface area contributed by atoms with Gasteiger partial charge in [0.05, 0.1) is 0 Å². The van der Waals surface area contributed by atoms with Crippen LogP contribution in [-0.2, 0) is 0 Å². The summed E-state index contributed by atoms with van der Waals surface area (Å²) in [6.45, 7) is 3.91. The van der Waals surface area contributed by atoms with Crippen molar-refractivity contribution in [2.45, 2.75) is 13.8 Å². The molecular weight excluding hydrogens is 288 g/mol. The van der Waals surface area contributed by atoms with Gasteiger partial charge in [-0.3, -0.25) is 4.79 Å². The summed E-state index contributed by atoms with van der Waals surface area (Å²) in [6.07, 6.45) is 0. The average molecular weight is 304 g/mol. The highest BCUT2D eigenvalue weighted by molar-refractivity contribution is 6.62. The predicted octanol–water partition coefficient (Wildman–Crippen LogP) is 1.89. The van der Waals surface area contributed by atoms with Gasteiger partial charge in [-0.1, -0.05) is 29.8 Å². The molecule has 0 spiro atoms. The zero-order chi connectivity index (χ0) is 15.6. The summed E-state index contributed by atoms with van der Waals surface area (Å²) in [6, 6.07) is 10.0. The summed E-state index contributed by atoms with van der Waals surface area (Å²) in [5.41, 5.74) is 3.34. The zero-order valence-electron chi connectivity index (χ0n) is 11.7. The fourth-order valence-corrected chi connectivity index (χ4v) is 2.24. The van der Waals surface area contributed by atoms with E-state index in [9.17, 15) is 4.79 Å². The molecule has 0 heterocycles. The first-order valence-corrected chi connectivity index (χ1v) is 6.81. The Morgan fingerprint density at radius 2 is 1.90 bits per heavy atom. The van der Waals surface area contributed by atoms with Gasteiger partial charge in [-0.05, 0) is 43.2 Å². The Hall–Kier alpha value is -1.82. The molecule has 0 atom stereocenters. The van der Waals surface area contributed by atoms with Crippen LogP contribution in [0.2, 0.25) is 5.02 Å². The highest BCUT2D eigenvalue weighted by Crippen LogP contribution is 2.19. The molecular formula is C15H15BClNO3. The lowest BCUT2D eigenvalue weighted by atomic mass is 9.80. The van der Waals surface area contributed by atoms with Gasteiger partial charge in [0.15, 0.2) is 0 Å². The normalized spacial score (nSPS) is 10.3. The molecule has 0 aliphatic heterocycles. The molecule has 0 aromatic heterocycles. The first-order valence-electron chi connectivity index (χ1n) is 6.43. The maximum Gasteiger partial charge on any atom is 0.489 e. The van der Waals surface area contributed by atoms with Crippen LogP contribution in [0.4, 0.5) is 5.69 Å². The summed E-state index contributed by atoms with van der Waals surface area (Å²) in [7, 11) is -1.66. The number of nitrogens with one attached hydrogen (secondary N) is 1. The number of carbonyl (C=O) groups is 1. The van der Waals surface area contributed by atoms with E-state index < -0.39 is 7.12 Å². The number of rotatable bonds is 3. The van der Waals surface area contributed by atoms with E-state index in [2.05, 4.69) is 5.32 Å². The summed E-state index contributed by atoms with van der Waals surface area (Å²) >= 11 is 5.93. The fraction of sp³-hybridized carbons (Fsp3) is 0.133. The third-order valence-corrected chi connectivity index (χ3v) is 3.72. The van der Waals surface area contributed by atoms with E-state index in [1.165, 1.54) is 18.2 Å². The quantitative estimate of drug-likeness (QED) is 0.758.